The summed E-state index contributed by atoms with van der Waals surface area (Å²) in [7, 11) is 2.04. The van der Waals surface area contributed by atoms with E-state index in [9.17, 15) is 4.79 Å². The number of hydrogen-bond acceptors (Lipinski definition) is 5. The van der Waals surface area contributed by atoms with Crippen LogP contribution in [0.5, 0.6) is 0 Å². The maximum atomic E-state index is 13.1. The van der Waals surface area contributed by atoms with Crippen molar-refractivity contribution in [3.63, 3.8) is 0 Å². The molecule has 28 heavy (non-hydrogen) atoms. The van der Waals surface area contributed by atoms with Crippen LogP contribution in [0.25, 0.3) is 0 Å². The Labute approximate surface area is 171 Å². The zero-order valence-corrected chi connectivity index (χ0v) is 18.1. The summed E-state index contributed by atoms with van der Waals surface area (Å²) in [5.41, 5.74) is 3.29. The molecule has 5 nitrogen and oxygen atoms in total. The predicted molar refractivity (Wildman–Crippen MR) is 114 cm³/mol. The number of carbonyl (C=O) groups excluding carboxylic acids is 1. The van der Waals surface area contributed by atoms with Crippen molar-refractivity contribution in [1.29, 1.82) is 0 Å². The molecule has 1 aliphatic carbocycles. The van der Waals surface area contributed by atoms with Crippen LogP contribution in [-0.2, 0) is 16.8 Å². The van der Waals surface area contributed by atoms with E-state index in [2.05, 4.69) is 58.6 Å². The van der Waals surface area contributed by atoms with E-state index < -0.39 is 0 Å². The van der Waals surface area contributed by atoms with Crippen molar-refractivity contribution < 1.29 is 4.79 Å². The summed E-state index contributed by atoms with van der Waals surface area (Å²) < 4.78 is 2.17. The van der Waals surface area contributed by atoms with E-state index in [0.717, 1.165) is 23.2 Å². The molecule has 0 amide bonds. The monoisotopic (exact) mass is 396 g/mol. The summed E-state index contributed by atoms with van der Waals surface area (Å²) in [4.78, 5) is 15.2. The first kappa shape index (κ1) is 19.2. The zero-order valence-electron chi connectivity index (χ0n) is 17.3. The Bertz CT molecular complexity index is 942. The molecular weight excluding hydrogens is 368 g/mol. The average Bonchev–Trinajstić information content (AvgIpc) is 3.42. The average molecular weight is 397 g/mol. The number of aromatic nitrogens is 3. The summed E-state index contributed by atoms with van der Waals surface area (Å²) >= 11 is 1.51. The third kappa shape index (κ3) is 3.17. The number of carbonyl (C=O) groups is 1. The van der Waals surface area contributed by atoms with Crippen molar-refractivity contribution in [2.24, 2.45) is 0 Å². The Kier molecular flexibility index (Phi) is 4.86. The van der Waals surface area contributed by atoms with Crippen molar-refractivity contribution in [3.8, 4) is 0 Å². The van der Waals surface area contributed by atoms with Crippen LogP contribution in [-0.4, -0.2) is 32.8 Å². The summed E-state index contributed by atoms with van der Waals surface area (Å²) in [6, 6.07) is 8.37. The minimum Gasteiger partial charge on any atom is -0.347 e. The molecular formula is C22H28N4OS. The second-order valence-corrected chi connectivity index (χ2v) is 9.56. The molecule has 0 radical (unpaired) electrons. The summed E-state index contributed by atoms with van der Waals surface area (Å²) in [5, 5.41) is 9.40. The minimum absolute atomic E-state index is 0.117. The van der Waals surface area contributed by atoms with Crippen LogP contribution in [0.4, 0.5) is 5.69 Å². The Hall–Kier alpha value is -2.08. The summed E-state index contributed by atoms with van der Waals surface area (Å²) in [6.45, 7) is 9.28. The molecule has 4 rings (SSSR count). The lowest BCUT2D eigenvalue weighted by Crippen LogP contribution is -2.25. The van der Waals surface area contributed by atoms with Gasteiger partial charge in [-0.25, -0.2) is 0 Å². The Morgan fingerprint density at radius 2 is 2.04 bits per heavy atom. The molecule has 2 heterocycles. The Morgan fingerprint density at radius 1 is 1.32 bits per heavy atom. The molecule has 1 unspecified atom stereocenters. The molecule has 0 N–H and O–H groups in total. The number of likely N-dealkylation sites (N-methyl/N-ethyl adjacent to an activating group) is 1. The molecule has 0 bridgehead atoms. The minimum atomic E-state index is -0.207. The van der Waals surface area contributed by atoms with E-state index in [1.54, 1.807) is 0 Å². The summed E-state index contributed by atoms with van der Waals surface area (Å²) in [5.74, 6) is 1.75. The van der Waals surface area contributed by atoms with Crippen molar-refractivity contribution >= 4 is 23.2 Å². The van der Waals surface area contributed by atoms with Crippen molar-refractivity contribution in [1.82, 2.24) is 14.8 Å². The molecule has 1 fully saturated rings. The maximum absolute atomic E-state index is 13.1. The number of rotatable bonds is 6. The molecule has 1 aromatic carbocycles. The van der Waals surface area contributed by atoms with E-state index in [0.29, 0.717) is 5.92 Å². The van der Waals surface area contributed by atoms with Gasteiger partial charge in [0.25, 0.3) is 0 Å². The molecule has 0 spiro atoms. The molecule has 1 atom stereocenters. The van der Waals surface area contributed by atoms with Crippen LogP contribution in [0.3, 0.4) is 0 Å². The topological polar surface area (TPSA) is 51.0 Å². The van der Waals surface area contributed by atoms with Gasteiger partial charge in [-0.2, -0.15) is 0 Å². The van der Waals surface area contributed by atoms with E-state index >= 15 is 0 Å². The van der Waals surface area contributed by atoms with E-state index in [1.807, 2.05) is 26.1 Å². The van der Waals surface area contributed by atoms with Gasteiger partial charge in [-0.05, 0) is 38.3 Å². The third-order valence-corrected chi connectivity index (χ3v) is 7.01. The lowest BCUT2D eigenvalue weighted by Gasteiger charge is -2.24. The fraction of sp³-hybridized carbons (Fsp3) is 0.500. The number of anilines is 1. The van der Waals surface area contributed by atoms with Crippen LogP contribution in [0.1, 0.15) is 57.8 Å². The molecule has 1 aliphatic heterocycles. The second-order valence-electron chi connectivity index (χ2n) is 8.25. The van der Waals surface area contributed by atoms with Gasteiger partial charge in [0.2, 0.25) is 0 Å². The van der Waals surface area contributed by atoms with Gasteiger partial charge in [0.1, 0.15) is 5.82 Å². The summed E-state index contributed by atoms with van der Waals surface area (Å²) in [6.07, 6.45) is 4.23. The van der Waals surface area contributed by atoms with Crippen molar-refractivity contribution in [2.45, 2.75) is 68.8 Å². The molecule has 1 saturated carbocycles. The first-order valence-corrected chi connectivity index (χ1v) is 10.9. The van der Waals surface area contributed by atoms with E-state index in [-0.39, 0.29) is 16.4 Å². The molecule has 148 valence electrons. The highest BCUT2D eigenvalue weighted by atomic mass is 32.2. The van der Waals surface area contributed by atoms with Crippen molar-refractivity contribution in [3.05, 3.63) is 47.4 Å². The molecule has 2 aliphatic rings. The van der Waals surface area contributed by atoms with Crippen LogP contribution >= 0.6 is 11.8 Å². The van der Waals surface area contributed by atoms with Crippen LogP contribution in [0, 0.1) is 0 Å². The molecule has 2 aromatic rings. The number of para-hydroxylation sites is 1. The Balaban J connectivity index is 1.55. The van der Waals surface area contributed by atoms with Gasteiger partial charge in [0.15, 0.2) is 10.9 Å². The van der Waals surface area contributed by atoms with Crippen molar-refractivity contribution in [2.75, 3.05) is 11.9 Å². The fourth-order valence-electron chi connectivity index (χ4n) is 4.06. The van der Waals surface area contributed by atoms with Crippen LogP contribution in [0.2, 0.25) is 0 Å². The second kappa shape index (κ2) is 7.07. The van der Waals surface area contributed by atoms with Gasteiger partial charge in [-0.1, -0.05) is 43.8 Å². The SMILES string of the molecule is CCn1c(SC(C)C(=O)/C=C2/N(C)c3ccccc3C2(C)C)nnc1C1CC1. The normalized spacial score (nSPS) is 20.5. The lowest BCUT2D eigenvalue weighted by molar-refractivity contribution is -0.114. The van der Waals surface area contributed by atoms with Gasteiger partial charge in [-0.3, -0.25) is 4.79 Å². The number of allylic oxidation sites excluding steroid dienone is 2. The lowest BCUT2D eigenvalue weighted by atomic mass is 9.83. The first-order valence-electron chi connectivity index (χ1n) is 10.0. The number of hydrogen-bond donors (Lipinski definition) is 0. The largest absolute Gasteiger partial charge is 0.347 e. The number of benzene rings is 1. The molecule has 6 heteroatoms. The maximum Gasteiger partial charge on any atom is 0.191 e. The van der Waals surface area contributed by atoms with Gasteiger partial charge in [0, 0.05) is 42.4 Å². The molecule has 1 aromatic heterocycles. The number of fused-ring (bicyclic) bond motifs is 1. The third-order valence-electron chi connectivity index (χ3n) is 5.91. The smallest absolute Gasteiger partial charge is 0.191 e. The van der Waals surface area contributed by atoms with Crippen LogP contribution < -0.4 is 4.90 Å². The predicted octanol–water partition coefficient (Wildman–Crippen LogP) is 4.54. The fourth-order valence-corrected chi connectivity index (χ4v) is 4.99. The highest BCUT2D eigenvalue weighted by Gasteiger charge is 2.39. The highest BCUT2D eigenvalue weighted by molar-refractivity contribution is 8.00. The quantitative estimate of drug-likeness (QED) is 0.530. The van der Waals surface area contributed by atoms with E-state index in [1.165, 1.54) is 35.9 Å². The van der Waals surface area contributed by atoms with Gasteiger partial charge in [0.05, 0.1) is 5.25 Å². The number of thioether (sulfide) groups is 1. The number of nitrogens with zero attached hydrogens (tertiary/aromatic N) is 4. The van der Waals surface area contributed by atoms with Gasteiger partial charge in [-0.15, -0.1) is 10.2 Å². The first-order chi connectivity index (χ1) is 13.3. The number of ketones is 1. The van der Waals surface area contributed by atoms with Gasteiger partial charge < -0.3 is 9.47 Å². The Morgan fingerprint density at radius 3 is 2.68 bits per heavy atom. The molecule has 0 saturated heterocycles. The van der Waals surface area contributed by atoms with Gasteiger partial charge >= 0.3 is 0 Å². The van der Waals surface area contributed by atoms with Crippen LogP contribution in [0.15, 0.2) is 41.2 Å². The highest BCUT2D eigenvalue weighted by Crippen LogP contribution is 2.46. The standard InChI is InChI=1S/C22H28N4OS/c1-6-26-20(15-11-12-15)23-24-21(26)28-14(2)18(27)13-19-22(3,4)16-9-7-8-10-17(16)25(19)5/h7-10,13-15H,6,11-12H2,1-5H3/b19-13+. The van der Waals surface area contributed by atoms with E-state index in [4.69, 9.17) is 0 Å². The zero-order chi connectivity index (χ0) is 20.1.